The molecule has 0 aromatic carbocycles. The Bertz CT molecular complexity index is 885. The number of aliphatic hydroxyl groups is 1. The van der Waals surface area contributed by atoms with Gasteiger partial charge in [0.05, 0.1) is 6.20 Å². The number of H-pyrrole nitrogens is 1. The summed E-state index contributed by atoms with van der Waals surface area (Å²) in [6, 6.07) is 0. The van der Waals surface area contributed by atoms with Crippen molar-refractivity contribution in [2.75, 3.05) is 13.2 Å². The van der Waals surface area contributed by atoms with E-state index in [-0.39, 0.29) is 15.9 Å². The van der Waals surface area contributed by atoms with Gasteiger partial charge < -0.3 is 9.53 Å². The molecule has 2 N–H and O–H groups in total. The lowest BCUT2D eigenvalue weighted by Crippen LogP contribution is -2.53. The smallest absolute Gasteiger partial charge is 0.191 e. The number of allylic oxidation sites excluding steroid dienone is 2. The highest BCUT2D eigenvalue weighted by atomic mass is 28.4. The number of hydrogen-bond donors (Lipinski definition) is 2. The van der Waals surface area contributed by atoms with Crippen LogP contribution in [0.3, 0.4) is 0 Å². The van der Waals surface area contributed by atoms with Crippen LogP contribution in [0, 0.1) is 34.5 Å². The second-order valence-electron chi connectivity index (χ2n) is 13.4. The number of rotatable bonds is 5. The van der Waals surface area contributed by atoms with E-state index in [2.05, 4.69) is 70.9 Å². The summed E-state index contributed by atoms with van der Waals surface area (Å²) in [6.45, 7) is 20.1. The van der Waals surface area contributed by atoms with Crippen molar-refractivity contribution in [2.24, 2.45) is 34.5 Å². The van der Waals surface area contributed by atoms with E-state index >= 15 is 0 Å². The van der Waals surface area contributed by atoms with Crippen LogP contribution in [-0.2, 0) is 17.3 Å². The maximum absolute atomic E-state index is 10.8. The zero-order valence-electron chi connectivity index (χ0n) is 22.4. The maximum Gasteiger partial charge on any atom is 0.191 e. The SMILES string of the molecule is C/C=C1\CC[C@H]2[C@H](CO)[C@@H]([C@@]3(C)Cc4cn[nH]c4C[C@@H]3CO[Si](C)(C)C(C)(C)C)CC[C@]12C. The molecule has 4 nitrogen and oxygen atoms in total. The molecule has 4 rings (SSSR count). The van der Waals surface area contributed by atoms with Crippen molar-refractivity contribution in [3.8, 4) is 0 Å². The third kappa shape index (κ3) is 4.10. The van der Waals surface area contributed by atoms with Gasteiger partial charge in [-0.05, 0) is 104 Å². The number of nitrogens with zero attached hydrogens (tertiary/aromatic N) is 1. The molecule has 33 heavy (non-hydrogen) atoms. The molecule has 1 aromatic heterocycles. The monoisotopic (exact) mass is 472 g/mol. The van der Waals surface area contributed by atoms with Crippen LogP contribution in [0.5, 0.6) is 0 Å². The molecule has 3 aliphatic rings. The molecule has 0 spiro atoms. The number of nitrogens with one attached hydrogen (secondary N) is 1. The van der Waals surface area contributed by atoms with Gasteiger partial charge in [-0.15, -0.1) is 0 Å². The summed E-state index contributed by atoms with van der Waals surface area (Å²) in [4.78, 5) is 0. The van der Waals surface area contributed by atoms with Gasteiger partial charge in [0, 0.05) is 18.9 Å². The molecule has 5 heteroatoms. The summed E-state index contributed by atoms with van der Waals surface area (Å²) in [5.41, 5.74) is 4.71. The zero-order valence-corrected chi connectivity index (χ0v) is 23.4. The standard InChI is InChI=1S/C28H48N2O2Si/c1-9-20-10-11-23-22(17-31)24(12-13-27(20,23)5)28(6)15-19-16-29-30-25(19)14-21(28)18-32-33(7,8)26(2,3)4/h9,16,21-24,31H,10-15,17-18H2,1-8H3,(H,29,30)/b20-9+/t21-,22+,23+,24+,27-,28+/m1/s1. The molecule has 0 bridgehead atoms. The number of aliphatic hydroxyl groups excluding tert-OH is 1. The fourth-order valence-corrected chi connectivity index (χ4v) is 8.64. The lowest BCUT2D eigenvalue weighted by atomic mass is 9.49. The van der Waals surface area contributed by atoms with E-state index in [0.29, 0.717) is 30.3 Å². The third-order valence-electron chi connectivity index (χ3n) is 10.9. The molecule has 1 heterocycles. The van der Waals surface area contributed by atoms with Gasteiger partial charge in [-0.2, -0.15) is 5.10 Å². The van der Waals surface area contributed by atoms with Crippen LogP contribution in [0.25, 0.3) is 0 Å². The maximum atomic E-state index is 10.8. The van der Waals surface area contributed by atoms with Crippen molar-refractivity contribution in [1.82, 2.24) is 10.2 Å². The van der Waals surface area contributed by atoms with Gasteiger partial charge in [0.1, 0.15) is 0 Å². The Morgan fingerprint density at radius 2 is 1.97 bits per heavy atom. The van der Waals surface area contributed by atoms with Crippen molar-refractivity contribution >= 4 is 8.32 Å². The summed E-state index contributed by atoms with van der Waals surface area (Å²) in [7, 11) is -1.83. The third-order valence-corrected chi connectivity index (χ3v) is 15.4. The molecule has 2 saturated carbocycles. The summed E-state index contributed by atoms with van der Waals surface area (Å²) >= 11 is 0. The first-order valence-corrected chi connectivity index (χ1v) is 16.2. The predicted octanol–water partition coefficient (Wildman–Crippen LogP) is 6.53. The minimum absolute atomic E-state index is 0.118. The van der Waals surface area contributed by atoms with E-state index in [1.807, 2.05) is 6.20 Å². The topological polar surface area (TPSA) is 58.1 Å². The fraction of sp³-hybridized carbons (Fsp3) is 0.821. The Labute approximate surface area is 203 Å². The van der Waals surface area contributed by atoms with E-state index < -0.39 is 8.32 Å². The van der Waals surface area contributed by atoms with E-state index in [4.69, 9.17) is 4.43 Å². The zero-order chi connectivity index (χ0) is 24.2. The Balaban J connectivity index is 1.65. The largest absolute Gasteiger partial charge is 0.417 e. The highest BCUT2D eigenvalue weighted by Crippen LogP contribution is 2.63. The highest BCUT2D eigenvalue weighted by molar-refractivity contribution is 6.74. The van der Waals surface area contributed by atoms with Gasteiger partial charge in [-0.1, -0.05) is 46.3 Å². The first-order chi connectivity index (χ1) is 15.4. The summed E-state index contributed by atoms with van der Waals surface area (Å²) in [6.07, 6.45) is 11.4. The van der Waals surface area contributed by atoms with Crippen LogP contribution in [-0.4, -0.2) is 36.8 Å². The Morgan fingerprint density at radius 3 is 2.61 bits per heavy atom. The van der Waals surface area contributed by atoms with E-state index in [9.17, 15) is 5.11 Å². The first kappa shape index (κ1) is 25.2. The highest BCUT2D eigenvalue weighted by Gasteiger charge is 2.57. The average molecular weight is 473 g/mol. The van der Waals surface area contributed by atoms with Gasteiger partial charge in [0.25, 0.3) is 0 Å². The molecule has 0 unspecified atom stereocenters. The molecule has 0 saturated heterocycles. The molecule has 186 valence electrons. The molecule has 2 fully saturated rings. The molecule has 0 amide bonds. The van der Waals surface area contributed by atoms with Crippen LogP contribution in [0.4, 0.5) is 0 Å². The van der Waals surface area contributed by atoms with Gasteiger partial charge >= 0.3 is 0 Å². The average Bonchev–Trinajstić information content (AvgIpc) is 3.32. The summed E-state index contributed by atoms with van der Waals surface area (Å²) in [5, 5.41) is 18.7. The molecule has 0 radical (unpaired) electrons. The molecular formula is C28H48N2O2Si. The minimum Gasteiger partial charge on any atom is -0.417 e. The van der Waals surface area contributed by atoms with E-state index in [0.717, 1.165) is 19.4 Å². The lowest BCUT2D eigenvalue weighted by Gasteiger charge is -2.56. The van der Waals surface area contributed by atoms with Crippen LogP contribution in [0.15, 0.2) is 17.8 Å². The molecule has 0 aliphatic heterocycles. The Kier molecular flexibility index (Phi) is 6.59. The second-order valence-corrected chi connectivity index (χ2v) is 18.2. The van der Waals surface area contributed by atoms with Crippen molar-refractivity contribution in [3.63, 3.8) is 0 Å². The van der Waals surface area contributed by atoms with Crippen LogP contribution >= 0.6 is 0 Å². The first-order valence-electron chi connectivity index (χ1n) is 13.3. The second kappa shape index (κ2) is 8.63. The van der Waals surface area contributed by atoms with Crippen LogP contribution in [0.1, 0.15) is 78.5 Å². The normalized spacial score (nSPS) is 38.4. The van der Waals surface area contributed by atoms with Gasteiger partial charge in [0.15, 0.2) is 8.32 Å². The number of fused-ring (bicyclic) bond motifs is 2. The Hall–Kier alpha value is -0.913. The molecule has 3 aliphatic carbocycles. The number of aromatic amines is 1. The van der Waals surface area contributed by atoms with Crippen LogP contribution < -0.4 is 0 Å². The van der Waals surface area contributed by atoms with E-state index in [1.54, 1.807) is 5.57 Å². The molecule has 6 atom stereocenters. The van der Waals surface area contributed by atoms with Crippen molar-refractivity contribution in [3.05, 3.63) is 29.1 Å². The van der Waals surface area contributed by atoms with Gasteiger partial charge in [0.2, 0.25) is 0 Å². The summed E-state index contributed by atoms with van der Waals surface area (Å²) < 4.78 is 6.85. The fourth-order valence-electron chi connectivity index (χ4n) is 7.59. The molecule has 1 aromatic rings. The van der Waals surface area contributed by atoms with Crippen molar-refractivity contribution in [1.29, 1.82) is 0 Å². The van der Waals surface area contributed by atoms with Gasteiger partial charge in [-0.3, -0.25) is 5.10 Å². The summed E-state index contributed by atoms with van der Waals surface area (Å²) in [5.74, 6) is 1.94. The Morgan fingerprint density at radius 1 is 1.24 bits per heavy atom. The number of aromatic nitrogens is 2. The van der Waals surface area contributed by atoms with Crippen molar-refractivity contribution < 1.29 is 9.53 Å². The number of hydrogen-bond acceptors (Lipinski definition) is 3. The van der Waals surface area contributed by atoms with Gasteiger partial charge in [-0.25, -0.2) is 0 Å². The van der Waals surface area contributed by atoms with Crippen molar-refractivity contribution in [2.45, 2.75) is 98.2 Å². The predicted molar refractivity (Wildman–Crippen MR) is 139 cm³/mol. The van der Waals surface area contributed by atoms with Crippen LogP contribution in [0.2, 0.25) is 18.1 Å². The quantitative estimate of drug-likeness (QED) is 0.378. The van der Waals surface area contributed by atoms with E-state index in [1.165, 1.54) is 36.9 Å². The molecular weight excluding hydrogens is 424 g/mol. The lowest BCUT2D eigenvalue weighted by molar-refractivity contribution is -0.0727. The minimum atomic E-state index is -1.83.